The van der Waals surface area contributed by atoms with E-state index in [1.54, 1.807) is 24.3 Å². The molecule has 2 aliphatic heterocycles. The first-order valence-corrected chi connectivity index (χ1v) is 8.16. The summed E-state index contributed by atoms with van der Waals surface area (Å²) in [6.45, 7) is 5.81. The zero-order valence-corrected chi connectivity index (χ0v) is 14.0. The fourth-order valence-electron chi connectivity index (χ4n) is 3.26. The molecule has 0 unspecified atom stereocenters. The Hall–Kier alpha value is -2.12. The Bertz CT molecular complexity index is 604. The topological polar surface area (TPSA) is 71.1 Å². The predicted molar refractivity (Wildman–Crippen MR) is 89.1 cm³/mol. The van der Waals surface area contributed by atoms with Gasteiger partial charge >= 0.3 is 12.0 Å². The van der Waals surface area contributed by atoms with Gasteiger partial charge in [0.1, 0.15) is 0 Å². The van der Waals surface area contributed by atoms with E-state index in [9.17, 15) is 9.59 Å². The number of carbonyl (C=O) groups is 2. The van der Waals surface area contributed by atoms with Crippen LogP contribution in [0.15, 0.2) is 24.3 Å². The maximum atomic E-state index is 12.5. The molecular weight excluding hydrogens is 310 g/mol. The first-order chi connectivity index (χ1) is 11.6. The minimum atomic E-state index is -0.393. The van der Waals surface area contributed by atoms with Crippen molar-refractivity contribution in [2.45, 2.75) is 19.0 Å². The minimum absolute atomic E-state index is 0.126. The molecule has 2 fully saturated rings. The third-order valence-corrected chi connectivity index (χ3v) is 4.61. The Morgan fingerprint density at radius 2 is 1.96 bits per heavy atom. The van der Waals surface area contributed by atoms with Crippen LogP contribution in [-0.2, 0) is 9.47 Å². The van der Waals surface area contributed by atoms with Crippen molar-refractivity contribution in [3.05, 3.63) is 29.8 Å². The third kappa shape index (κ3) is 3.52. The molecule has 0 aliphatic carbocycles. The van der Waals surface area contributed by atoms with E-state index in [0.29, 0.717) is 37.0 Å². The number of ether oxygens (including phenoxy) is 2. The molecule has 0 radical (unpaired) electrons. The van der Waals surface area contributed by atoms with E-state index < -0.39 is 5.97 Å². The van der Waals surface area contributed by atoms with Crippen LogP contribution in [0, 0.1) is 0 Å². The van der Waals surface area contributed by atoms with E-state index in [1.165, 1.54) is 7.11 Å². The lowest BCUT2D eigenvalue weighted by Crippen LogP contribution is -2.62. The minimum Gasteiger partial charge on any atom is -0.465 e. The number of urea groups is 1. The Morgan fingerprint density at radius 3 is 2.67 bits per heavy atom. The van der Waals surface area contributed by atoms with Crippen LogP contribution in [0.5, 0.6) is 0 Å². The molecule has 0 aromatic heterocycles. The van der Waals surface area contributed by atoms with Crippen LogP contribution in [0.1, 0.15) is 17.3 Å². The second-order valence-corrected chi connectivity index (χ2v) is 6.22. The van der Waals surface area contributed by atoms with Crippen LogP contribution in [0.3, 0.4) is 0 Å². The lowest BCUT2D eigenvalue weighted by Gasteiger charge is -2.46. The number of nitrogens with one attached hydrogen (secondary N) is 1. The van der Waals surface area contributed by atoms with E-state index in [2.05, 4.69) is 21.9 Å². The molecule has 7 nitrogen and oxygen atoms in total. The van der Waals surface area contributed by atoms with E-state index in [0.717, 1.165) is 13.2 Å². The van der Waals surface area contributed by atoms with Crippen LogP contribution in [0.2, 0.25) is 0 Å². The van der Waals surface area contributed by atoms with E-state index in [1.807, 2.05) is 4.90 Å². The number of fused-ring (bicyclic) bond motifs is 1. The number of piperazine rings is 1. The summed E-state index contributed by atoms with van der Waals surface area (Å²) in [5, 5.41) is 2.88. The monoisotopic (exact) mass is 333 g/mol. The highest BCUT2D eigenvalue weighted by Crippen LogP contribution is 2.19. The summed E-state index contributed by atoms with van der Waals surface area (Å²) in [6.07, 6.45) is 0. The number of anilines is 1. The average molecular weight is 333 g/mol. The number of rotatable bonds is 2. The molecule has 1 aromatic rings. The molecule has 0 saturated carbocycles. The maximum absolute atomic E-state index is 12.5. The number of amides is 2. The molecule has 2 atom stereocenters. The zero-order valence-electron chi connectivity index (χ0n) is 14.0. The molecule has 24 heavy (non-hydrogen) atoms. The fourth-order valence-corrected chi connectivity index (χ4v) is 3.26. The number of nitrogens with zero attached hydrogens (tertiary/aromatic N) is 2. The number of esters is 1. The maximum Gasteiger partial charge on any atom is 0.337 e. The highest BCUT2D eigenvalue weighted by molar-refractivity contribution is 5.92. The van der Waals surface area contributed by atoms with Crippen molar-refractivity contribution in [3.63, 3.8) is 0 Å². The molecule has 2 aliphatic rings. The predicted octanol–water partition coefficient (Wildman–Crippen LogP) is 1.41. The van der Waals surface area contributed by atoms with Crippen molar-refractivity contribution in [1.29, 1.82) is 0 Å². The summed E-state index contributed by atoms with van der Waals surface area (Å²) < 4.78 is 10.3. The molecule has 2 saturated heterocycles. The highest BCUT2D eigenvalue weighted by atomic mass is 16.5. The normalized spacial score (nSPS) is 24.2. The summed E-state index contributed by atoms with van der Waals surface area (Å²) in [4.78, 5) is 28.1. The summed E-state index contributed by atoms with van der Waals surface area (Å²) in [5.74, 6) is -0.393. The Kier molecular flexibility index (Phi) is 5.01. The summed E-state index contributed by atoms with van der Waals surface area (Å²) in [6, 6.07) is 7.21. The largest absolute Gasteiger partial charge is 0.465 e. The SMILES string of the molecule is COC(=O)c1ccc(NC(=O)N2CCN3[C@@H](COC[C@@H]3C)C2)cc1. The van der Waals surface area contributed by atoms with Gasteiger partial charge in [0, 0.05) is 31.4 Å². The third-order valence-electron chi connectivity index (χ3n) is 4.61. The smallest absolute Gasteiger partial charge is 0.337 e. The van der Waals surface area contributed by atoms with Gasteiger partial charge in [0.2, 0.25) is 0 Å². The standard InChI is InChI=1S/C17H23N3O4/c1-12-10-24-11-15-9-19(7-8-20(12)15)17(22)18-14-5-3-13(4-6-14)16(21)23-2/h3-6,12,15H,7-11H2,1-2H3,(H,18,22)/t12-,15+/m0/s1. The number of hydrogen-bond donors (Lipinski definition) is 1. The van der Waals surface area contributed by atoms with Crippen LogP contribution in [0.25, 0.3) is 0 Å². The average Bonchev–Trinajstić information content (AvgIpc) is 2.61. The van der Waals surface area contributed by atoms with Crippen LogP contribution in [-0.4, -0.2) is 73.8 Å². The molecule has 1 N–H and O–H groups in total. The fraction of sp³-hybridized carbons (Fsp3) is 0.529. The van der Waals surface area contributed by atoms with Crippen LogP contribution in [0.4, 0.5) is 10.5 Å². The Morgan fingerprint density at radius 1 is 1.21 bits per heavy atom. The summed E-state index contributed by atoms with van der Waals surface area (Å²) >= 11 is 0. The second kappa shape index (κ2) is 7.19. The van der Waals surface area contributed by atoms with Crippen LogP contribution >= 0.6 is 0 Å². The van der Waals surface area contributed by atoms with Gasteiger partial charge in [-0.05, 0) is 31.2 Å². The lowest BCUT2D eigenvalue weighted by atomic mass is 10.1. The Labute approximate surface area is 141 Å². The first-order valence-electron chi connectivity index (χ1n) is 8.16. The van der Waals surface area contributed by atoms with Crippen molar-refractivity contribution in [2.75, 3.05) is 45.3 Å². The van der Waals surface area contributed by atoms with Crippen molar-refractivity contribution in [1.82, 2.24) is 9.80 Å². The van der Waals surface area contributed by atoms with Gasteiger partial charge in [-0.2, -0.15) is 0 Å². The quantitative estimate of drug-likeness (QED) is 0.829. The van der Waals surface area contributed by atoms with E-state index in [-0.39, 0.29) is 12.1 Å². The number of morpholine rings is 1. The van der Waals surface area contributed by atoms with Gasteiger partial charge < -0.3 is 19.7 Å². The molecule has 0 bridgehead atoms. The van der Waals surface area contributed by atoms with E-state index in [4.69, 9.17) is 4.74 Å². The van der Waals surface area contributed by atoms with E-state index >= 15 is 0 Å². The Balaban J connectivity index is 1.58. The number of carbonyl (C=O) groups excluding carboxylic acids is 2. The summed E-state index contributed by atoms with van der Waals surface area (Å²) in [7, 11) is 1.34. The molecule has 3 rings (SSSR count). The van der Waals surface area contributed by atoms with Gasteiger partial charge in [0.05, 0.1) is 31.9 Å². The summed E-state index contributed by atoms with van der Waals surface area (Å²) in [5.41, 5.74) is 1.11. The van der Waals surface area contributed by atoms with Crippen molar-refractivity contribution < 1.29 is 19.1 Å². The van der Waals surface area contributed by atoms with Gasteiger partial charge in [-0.3, -0.25) is 4.90 Å². The van der Waals surface area contributed by atoms with Crippen molar-refractivity contribution in [3.8, 4) is 0 Å². The lowest BCUT2D eigenvalue weighted by molar-refractivity contribution is -0.0675. The second-order valence-electron chi connectivity index (χ2n) is 6.22. The van der Waals surface area contributed by atoms with Gasteiger partial charge in [0.15, 0.2) is 0 Å². The van der Waals surface area contributed by atoms with Gasteiger partial charge in [0.25, 0.3) is 0 Å². The van der Waals surface area contributed by atoms with Crippen molar-refractivity contribution >= 4 is 17.7 Å². The highest BCUT2D eigenvalue weighted by Gasteiger charge is 2.35. The number of methoxy groups -OCH3 is 1. The van der Waals surface area contributed by atoms with Gasteiger partial charge in [-0.15, -0.1) is 0 Å². The van der Waals surface area contributed by atoms with Crippen molar-refractivity contribution in [2.24, 2.45) is 0 Å². The number of benzene rings is 1. The zero-order chi connectivity index (χ0) is 17.1. The van der Waals surface area contributed by atoms with Crippen LogP contribution < -0.4 is 5.32 Å². The molecule has 7 heteroatoms. The molecular formula is C17H23N3O4. The molecule has 2 amide bonds. The molecule has 130 valence electrons. The van der Waals surface area contributed by atoms with Gasteiger partial charge in [-0.1, -0.05) is 0 Å². The van der Waals surface area contributed by atoms with Gasteiger partial charge in [-0.25, -0.2) is 9.59 Å². The first kappa shape index (κ1) is 16.7. The molecule has 2 heterocycles. The number of hydrogen-bond acceptors (Lipinski definition) is 5. The molecule has 0 spiro atoms. The molecule has 1 aromatic carbocycles.